The smallest absolute Gasteiger partial charge is 0.312 e. The van der Waals surface area contributed by atoms with Crippen LogP contribution in [0.2, 0.25) is 0 Å². The summed E-state index contributed by atoms with van der Waals surface area (Å²) in [6, 6.07) is 8.43. The van der Waals surface area contributed by atoms with E-state index in [0.29, 0.717) is 11.3 Å². The number of aromatic hydroxyl groups is 1. The number of hydrogen-bond acceptors (Lipinski definition) is 5. The maximum absolute atomic E-state index is 13.5. The Balaban J connectivity index is 2.27. The number of phenols is 1. The van der Waals surface area contributed by atoms with Crippen LogP contribution in [-0.4, -0.2) is 36.4 Å². The Labute approximate surface area is 161 Å². The molecular formula is C20H21F2N3O3. The number of aryl methyl sites for hydroxylation is 1. The zero-order valence-electron chi connectivity index (χ0n) is 15.6. The molecular weight excluding hydrogens is 368 g/mol. The molecule has 6 nitrogen and oxygen atoms in total. The minimum Gasteiger partial charge on any atom is -0.508 e. The molecule has 2 N–H and O–H groups in total. The van der Waals surface area contributed by atoms with E-state index in [-0.39, 0.29) is 24.7 Å². The van der Waals surface area contributed by atoms with Crippen molar-refractivity contribution in [2.24, 2.45) is 4.99 Å². The van der Waals surface area contributed by atoms with Crippen molar-refractivity contribution in [1.82, 2.24) is 4.90 Å². The fourth-order valence-electron chi connectivity index (χ4n) is 2.45. The molecule has 148 valence electrons. The number of rotatable bonds is 8. The van der Waals surface area contributed by atoms with Crippen molar-refractivity contribution in [2.45, 2.75) is 13.5 Å². The summed E-state index contributed by atoms with van der Waals surface area (Å²) in [4.78, 5) is 16.7. The Bertz CT molecular complexity index is 900. The SMILES string of the molecule is C=NC(=O)/C(=C\N(CNc1cc(O)ccc1C)Cc1ccc(F)c(F)c1)OC. The molecule has 1 amide bonds. The van der Waals surface area contributed by atoms with Crippen molar-refractivity contribution in [2.75, 3.05) is 19.1 Å². The van der Waals surface area contributed by atoms with Crippen LogP contribution in [0.4, 0.5) is 14.5 Å². The highest BCUT2D eigenvalue weighted by Gasteiger charge is 2.12. The van der Waals surface area contributed by atoms with E-state index in [2.05, 4.69) is 17.0 Å². The van der Waals surface area contributed by atoms with E-state index >= 15 is 0 Å². The van der Waals surface area contributed by atoms with Gasteiger partial charge in [0.25, 0.3) is 0 Å². The quantitative estimate of drug-likeness (QED) is 0.313. The van der Waals surface area contributed by atoms with Gasteiger partial charge in [-0.2, -0.15) is 0 Å². The molecule has 28 heavy (non-hydrogen) atoms. The Hall–Kier alpha value is -3.42. The van der Waals surface area contributed by atoms with Crippen LogP contribution in [0, 0.1) is 18.6 Å². The fourth-order valence-corrected chi connectivity index (χ4v) is 2.45. The number of hydrogen-bond donors (Lipinski definition) is 2. The number of amides is 1. The summed E-state index contributed by atoms with van der Waals surface area (Å²) in [5.74, 6) is -2.53. The lowest BCUT2D eigenvalue weighted by Gasteiger charge is -2.23. The molecule has 8 heteroatoms. The molecule has 0 bridgehead atoms. The number of aliphatic imine (C=N–C) groups is 1. The summed E-state index contributed by atoms with van der Waals surface area (Å²) >= 11 is 0. The van der Waals surface area contributed by atoms with Crippen LogP contribution >= 0.6 is 0 Å². The lowest BCUT2D eigenvalue weighted by Crippen LogP contribution is -2.26. The van der Waals surface area contributed by atoms with Gasteiger partial charge in [0.15, 0.2) is 11.6 Å². The van der Waals surface area contributed by atoms with E-state index in [1.54, 1.807) is 23.1 Å². The zero-order chi connectivity index (χ0) is 20.7. The van der Waals surface area contributed by atoms with Gasteiger partial charge in [-0.3, -0.25) is 4.79 Å². The second kappa shape index (κ2) is 9.50. The van der Waals surface area contributed by atoms with Gasteiger partial charge in [-0.05, 0) is 43.0 Å². The summed E-state index contributed by atoms with van der Waals surface area (Å²) < 4.78 is 31.8. The molecule has 0 atom stereocenters. The number of methoxy groups -OCH3 is 1. The third-order valence-corrected chi connectivity index (χ3v) is 3.94. The molecule has 0 fully saturated rings. The third-order valence-electron chi connectivity index (χ3n) is 3.94. The molecule has 2 aromatic rings. The van der Waals surface area contributed by atoms with Gasteiger partial charge in [-0.1, -0.05) is 12.1 Å². The topological polar surface area (TPSA) is 74.2 Å². The van der Waals surface area contributed by atoms with Crippen molar-refractivity contribution >= 4 is 18.3 Å². The Morgan fingerprint density at radius 1 is 1.29 bits per heavy atom. The highest BCUT2D eigenvalue weighted by atomic mass is 19.2. The summed E-state index contributed by atoms with van der Waals surface area (Å²) in [7, 11) is 1.32. The monoisotopic (exact) mass is 389 g/mol. The number of nitrogens with one attached hydrogen (secondary N) is 1. The molecule has 0 aromatic heterocycles. The maximum Gasteiger partial charge on any atom is 0.312 e. The molecule has 0 aliphatic heterocycles. The molecule has 0 spiro atoms. The number of anilines is 1. The minimum absolute atomic E-state index is 0.0629. The standard InChI is InChI=1S/C20H21F2N3O3/c1-13-4-6-15(26)9-18(13)24-12-25(11-19(28-3)20(27)23-2)10-14-5-7-16(21)17(22)8-14/h4-9,11,24,26H,2,10,12H2,1,3H3/b19-11+. The summed E-state index contributed by atoms with van der Waals surface area (Å²) in [6.45, 7) is 5.38. The highest BCUT2D eigenvalue weighted by Crippen LogP contribution is 2.21. The Morgan fingerprint density at radius 3 is 2.68 bits per heavy atom. The van der Waals surface area contributed by atoms with Gasteiger partial charge >= 0.3 is 5.91 Å². The van der Waals surface area contributed by atoms with Gasteiger partial charge in [-0.25, -0.2) is 13.8 Å². The van der Waals surface area contributed by atoms with E-state index in [1.807, 2.05) is 6.92 Å². The van der Waals surface area contributed by atoms with Crippen LogP contribution in [0.3, 0.4) is 0 Å². The molecule has 0 saturated carbocycles. The van der Waals surface area contributed by atoms with Crippen LogP contribution in [0.1, 0.15) is 11.1 Å². The van der Waals surface area contributed by atoms with E-state index in [9.17, 15) is 18.7 Å². The highest BCUT2D eigenvalue weighted by molar-refractivity contribution is 5.94. The predicted octanol–water partition coefficient (Wildman–Crippen LogP) is 3.57. The first-order valence-corrected chi connectivity index (χ1v) is 8.32. The van der Waals surface area contributed by atoms with Crippen molar-refractivity contribution in [3.63, 3.8) is 0 Å². The molecule has 0 saturated heterocycles. The third kappa shape index (κ3) is 5.54. The molecule has 0 heterocycles. The normalized spacial score (nSPS) is 11.1. The Morgan fingerprint density at radius 2 is 2.04 bits per heavy atom. The van der Waals surface area contributed by atoms with Crippen LogP contribution in [-0.2, 0) is 16.1 Å². The van der Waals surface area contributed by atoms with Crippen LogP contribution < -0.4 is 5.32 Å². The van der Waals surface area contributed by atoms with Crippen LogP contribution in [0.5, 0.6) is 5.75 Å². The number of phenolic OH excluding ortho intramolecular Hbond substituents is 1. The van der Waals surface area contributed by atoms with Crippen molar-refractivity contribution in [3.05, 3.63) is 71.1 Å². The van der Waals surface area contributed by atoms with Gasteiger partial charge in [0, 0.05) is 24.5 Å². The van der Waals surface area contributed by atoms with Crippen LogP contribution in [0.15, 0.2) is 53.3 Å². The average Bonchev–Trinajstić information content (AvgIpc) is 2.68. The number of nitrogens with zero attached hydrogens (tertiary/aromatic N) is 2. The van der Waals surface area contributed by atoms with Gasteiger partial charge in [0.05, 0.1) is 13.8 Å². The fraction of sp³-hybridized carbons (Fsp3) is 0.200. The first-order chi connectivity index (χ1) is 13.3. The summed E-state index contributed by atoms with van der Waals surface area (Å²) in [6.07, 6.45) is 1.41. The van der Waals surface area contributed by atoms with Crippen molar-refractivity contribution in [1.29, 1.82) is 0 Å². The molecule has 2 aromatic carbocycles. The summed E-state index contributed by atoms with van der Waals surface area (Å²) in [5, 5.41) is 12.8. The number of carbonyl (C=O) groups is 1. The number of benzene rings is 2. The first kappa shape index (κ1) is 20.9. The number of carbonyl (C=O) groups excluding carboxylic acids is 1. The predicted molar refractivity (Wildman–Crippen MR) is 103 cm³/mol. The van der Waals surface area contributed by atoms with E-state index in [4.69, 9.17) is 4.74 Å². The lowest BCUT2D eigenvalue weighted by atomic mass is 10.2. The number of ether oxygens (including phenoxy) is 1. The Kier molecular flexibility index (Phi) is 7.08. The summed E-state index contributed by atoms with van der Waals surface area (Å²) in [5.41, 5.74) is 2.06. The van der Waals surface area contributed by atoms with Crippen molar-refractivity contribution < 1.29 is 23.4 Å². The van der Waals surface area contributed by atoms with Gasteiger partial charge in [0.2, 0.25) is 5.76 Å². The first-order valence-electron chi connectivity index (χ1n) is 8.32. The molecule has 0 aliphatic carbocycles. The maximum atomic E-state index is 13.5. The number of halogens is 2. The van der Waals surface area contributed by atoms with E-state index < -0.39 is 17.5 Å². The van der Waals surface area contributed by atoms with Gasteiger partial charge in [0.1, 0.15) is 5.75 Å². The molecule has 0 unspecified atom stereocenters. The molecule has 0 aliphatic rings. The minimum atomic E-state index is -0.964. The van der Waals surface area contributed by atoms with Gasteiger partial charge in [-0.15, -0.1) is 0 Å². The second-order valence-electron chi connectivity index (χ2n) is 5.99. The molecule has 0 radical (unpaired) electrons. The van der Waals surface area contributed by atoms with E-state index in [1.165, 1.54) is 19.4 Å². The van der Waals surface area contributed by atoms with Crippen LogP contribution in [0.25, 0.3) is 0 Å². The van der Waals surface area contributed by atoms with E-state index in [0.717, 1.165) is 17.7 Å². The average molecular weight is 389 g/mol. The lowest BCUT2D eigenvalue weighted by molar-refractivity contribution is -0.117. The molecule has 2 rings (SSSR count). The zero-order valence-corrected chi connectivity index (χ0v) is 15.6. The largest absolute Gasteiger partial charge is 0.508 e. The second-order valence-corrected chi connectivity index (χ2v) is 5.99. The van der Waals surface area contributed by atoms with Gasteiger partial charge < -0.3 is 20.1 Å². The van der Waals surface area contributed by atoms with Crippen molar-refractivity contribution in [3.8, 4) is 5.75 Å².